The molecule has 0 spiro atoms. The topological polar surface area (TPSA) is 72.9 Å². The third-order valence-corrected chi connectivity index (χ3v) is 17.6. The van der Waals surface area contributed by atoms with Gasteiger partial charge >= 0.3 is 0 Å². The third kappa shape index (κ3) is 16.8. The molecule has 2 aliphatic rings. The molecule has 2 aliphatic heterocycles. The molecule has 7 aromatic rings. The fraction of sp³-hybridized carbons (Fsp3) is 0.474. The molecule has 0 amide bonds. The number of hydrogen-bond donors (Lipinski definition) is 2. The molecule has 0 fully saturated rings. The fourth-order valence-corrected chi connectivity index (χ4v) is 12.8. The van der Waals surface area contributed by atoms with Crippen LogP contribution in [0.5, 0.6) is 0 Å². The van der Waals surface area contributed by atoms with E-state index in [9.17, 15) is 0 Å². The summed E-state index contributed by atoms with van der Waals surface area (Å²) < 4.78 is 9.92. The zero-order valence-electron chi connectivity index (χ0n) is 52.2. The fourth-order valence-electron chi connectivity index (χ4n) is 12.8. The number of nitrogens with zero attached hydrogens (tertiary/aromatic N) is 6. The molecule has 84 heavy (non-hydrogen) atoms. The van der Waals surface area contributed by atoms with Crippen molar-refractivity contribution < 1.29 is 18.3 Å². The van der Waals surface area contributed by atoms with Gasteiger partial charge in [0.25, 0.3) is 0 Å². The van der Waals surface area contributed by atoms with Crippen LogP contribution in [0, 0.1) is 0 Å². The van der Waals surface area contributed by atoms with E-state index in [0.717, 1.165) is 142 Å². The second-order valence-corrected chi connectivity index (χ2v) is 24.1. The van der Waals surface area contributed by atoms with Crippen molar-refractivity contribution in [1.82, 2.24) is 19.9 Å². The lowest BCUT2D eigenvalue weighted by Crippen LogP contribution is -2.36. The van der Waals surface area contributed by atoms with Gasteiger partial charge in [0, 0.05) is 74.2 Å². The predicted octanol–water partition coefficient (Wildman–Crippen LogP) is 19.5. The van der Waals surface area contributed by atoms with Gasteiger partial charge in [-0.3, -0.25) is 0 Å². The number of rotatable bonds is 36. The first-order chi connectivity index (χ1) is 41.6. The van der Waals surface area contributed by atoms with E-state index >= 15 is 0 Å². The van der Waals surface area contributed by atoms with Gasteiger partial charge in [0.2, 0.25) is 22.8 Å². The number of hydrogen-bond acceptors (Lipinski definition) is 2. The Kier molecular flexibility index (Phi) is 24.7. The van der Waals surface area contributed by atoms with Gasteiger partial charge in [-0.25, -0.2) is 9.97 Å². The molecule has 8 bridgehead atoms. The van der Waals surface area contributed by atoms with Crippen molar-refractivity contribution in [2.75, 3.05) is 0 Å². The SMILES string of the molecule is CCCCCCCCC[n+]1ccccc1-c1c2nc(c(-c3cccc[n+]3CCCCCCCCC)c3ccc([nH]3)c(-c3cccc[n+]3CCCCCCCCC)c3nc(c(-c4cccc[n+]4CCCCCCCCC)c4ccc1[nH]4)C=C3)C=C2. The number of unbranched alkanes of at least 4 members (excludes halogenated alkanes) is 24. The Morgan fingerprint density at radius 2 is 0.476 bits per heavy atom. The number of aromatic nitrogens is 8. The minimum atomic E-state index is 0.944. The van der Waals surface area contributed by atoms with Crippen molar-refractivity contribution in [3.8, 4) is 45.0 Å². The monoisotopic (exact) mass is 1130 g/mol. The molecule has 7 aromatic heterocycles. The Balaban J connectivity index is 1.28. The van der Waals surface area contributed by atoms with Crippen LogP contribution in [0.3, 0.4) is 0 Å². The number of H-pyrrole nitrogens is 2. The maximum Gasteiger partial charge on any atom is 0.216 e. The van der Waals surface area contributed by atoms with E-state index in [4.69, 9.17) is 9.97 Å². The van der Waals surface area contributed by atoms with Crippen LogP contribution in [0.4, 0.5) is 0 Å². The average Bonchev–Trinajstić information content (AvgIpc) is 3.14. The smallest absolute Gasteiger partial charge is 0.216 e. The van der Waals surface area contributed by atoms with E-state index in [1.165, 1.54) is 154 Å². The number of nitrogens with one attached hydrogen (secondary N) is 2. The lowest BCUT2D eigenvalue weighted by atomic mass is 10.1. The predicted molar refractivity (Wildman–Crippen MR) is 353 cm³/mol. The quantitative estimate of drug-likeness (QED) is 0.0303. The molecule has 8 nitrogen and oxygen atoms in total. The largest absolute Gasteiger partial charge is 0.354 e. The van der Waals surface area contributed by atoms with Crippen molar-refractivity contribution in [2.45, 2.75) is 234 Å². The van der Waals surface area contributed by atoms with Crippen molar-refractivity contribution in [3.05, 3.63) is 145 Å². The molecule has 0 unspecified atom stereocenters. The molecule has 9 rings (SSSR count). The summed E-state index contributed by atoms with van der Waals surface area (Å²) in [7, 11) is 0. The maximum atomic E-state index is 5.83. The molecular weight excluding hydrogens is 1020 g/mol. The van der Waals surface area contributed by atoms with Crippen molar-refractivity contribution in [3.63, 3.8) is 0 Å². The van der Waals surface area contributed by atoms with Gasteiger partial charge in [0.15, 0.2) is 24.8 Å². The van der Waals surface area contributed by atoms with Gasteiger partial charge in [-0.05, 0) is 98.5 Å². The lowest BCUT2D eigenvalue weighted by molar-refractivity contribution is -0.686. The van der Waals surface area contributed by atoms with Gasteiger partial charge in [-0.15, -0.1) is 0 Å². The van der Waals surface area contributed by atoms with Crippen molar-refractivity contribution in [1.29, 1.82) is 0 Å². The van der Waals surface area contributed by atoms with Gasteiger partial charge in [-0.2, -0.15) is 18.3 Å². The zero-order valence-corrected chi connectivity index (χ0v) is 52.2. The van der Waals surface area contributed by atoms with E-state index in [0.29, 0.717) is 0 Å². The van der Waals surface area contributed by atoms with E-state index < -0.39 is 0 Å². The summed E-state index contributed by atoms with van der Waals surface area (Å²) in [5.74, 6) is 0. The molecule has 0 radical (unpaired) electrons. The highest BCUT2D eigenvalue weighted by molar-refractivity contribution is 5.97. The Hall–Kier alpha value is -6.80. The highest BCUT2D eigenvalue weighted by Gasteiger charge is 2.28. The van der Waals surface area contributed by atoms with E-state index in [2.05, 4.69) is 202 Å². The maximum absolute atomic E-state index is 5.83. The van der Waals surface area contributed by atoms with Crippen LogP contribution in [0.2, 0.25) is 0 Å². The number of aromatic amines is 2. The van der Waals surface area contributed by atoms with Crippen LogP contribution in [0.15, 0.2) is 122 Å². The first kappa shape index (κ1) is 61.8. The summed E-state index contributed by atoms with van der Waals surface area (Å²) in [6.45, 7) is 13.0. The van der Waals surface area contributed by atoms with Crippen LogP contribution >= 0.6 is 0 Å². The van der Waals surface area contributed by atoms with Crippen LogP contribution in [-0.2, 0) is 26.2 Å². The zero-order chi connectivity index (χ0) is 58.0. The molecule has 0 saturated carbocycles. The number of fused-ring (bicyclic) bond motifs is 8. The second kappa shape index (κ2) is 33.6. The second-order valence-electron chi connectivity index (χ2n) is 24.1. The molecule has 2 N–H and O–H groups in total. The van der Waals surface area contributed by atoms with Crippen molar-refractivity contribution >= 4 is 46.4 Å². The lowest BCUT2D eigenvalue weighted by Gasteiger charge is -2.08. The Morgan fingerprint density at radius 1 is 0.262 bits per heavy atom. The third-order valence-electron chi connectivity index (χ3n) is 17.6. The summed E-state index contributed by atoms with van der Waals surface area (Å²) in [5.41, 5.74) is 17.0. The summed E-state index contributed by atoms with van der Waals surface area (Å²) in [6.07, 6.45) is 53.8. The summed E-state index contributed by atoms with van der Waals surface area (Å²) in [6, 6.07) is 36.0. The van der Waals surface area contributed by atoms with E-state index in [1.54, 1.807) is 0 Å². The minimum Gasteiger partial charge on any atom is -0.354 e. The van der Waals surface area contributed by atoms with E-state index in [-0.39, 0.29) is 0 Å². The molecule has 0 saturated heterocycles. The van der Waals surface area contributed by atoms with Crippen LogP contribution < -0.4 is 18.3 Å². The highest BCUT2D eigenvalue weighted by atomic mass is 15.0. The summed E-state index contributed by atoms with van der Waals surface area (Å²) in [5, 5.41) is 0. The first-order valence-electron chi connectivity index (χ1n) is 33.7. The van der Waals surface area contributed by atoms with Gasteiger partial charge in [-0.1, -0.05) is 156 Å². The highest BCUT2D eigenvalue weighted by Crippen LogP contribution is 2.37. The molecule has 0 atom stereocenters. The number of pyridine rings is 4. The van der Waals surface area contributed by atoms with Crippen LogP contribution in [-0.4, -0.2) is 19.9 Å². The van der Waals surface area contributed by atoms with Crippen LogP contribution in [0.1, 0.15) is 230 Å². The molecular formula is C76H102N8+4. The van der Waals surface area contributed by atoms with Crippen molar-refractivity contribution in [2.24, 2.45) is 0 Å². The average molecular weight is 1130 g/mol. The van der Waals surface area contributed by atoms with Gasteiger partial charge in [0.1, 0.15) is 26.2 Å². The van der Waals surface area contributed by atoms with Crippen LogP contribution in [0.25, 0.3) is 91.4 Å². The molecule has 442 valence electrons. The van der Waals surface area contributed by atoms with Gasteiger partial charge < -0.3 is 9.97 Å². The van der Waals surface area contributed by atoms with E-state index in [1.807, 2.05) is 0 Å². The first-order valence-corrected chi connectivity index (χ1v) is 33.7. The molecule has 0 aromatic carbocycles. The Labute approximate surface area is 505 Å². The summed E-state index contributed by atoms with van der Waals surface area (Å²) >= 11 is 0. The normalized spacial score (nSPS) is 12.0. The molecule has 8 heteroatoms. The minimum absolute atomic E-state index is 0.944. The number of aryl methyl sites for hydroxylation is 4. The Bertz CT molecular complexity index is 2960. The van der Waals surface area contributed by atoms with Gasteiger partial charge in [0.05, 0.1) is 67.1 Å². The molecule has 9 heterocycles. The standard InChI is InChI=1S/C76H101N8/c1-5-9-13-17-21-25-33-53-81-57-37-29-41-69(81)73-61-45-47-63(77-61)74(70-42-30-38-58-82(70)54-34-26-22-18-14-10-6-2)65-49-51-67(79-65)76(72-44-32-40-60-84(72)56-36-28-24-20-16-12-8-4)68-52-50-66(80-68)75(64-48-46-62(73)78-64)71-43-31-39-59-83(71)55-35-27-23-19-15-11-7-3/h29-32,37-52,57-60H,5-28,33-36,53-56H2,1-4H3,(H,77,78,79,80)/q+3/p+1. The Morgan fingerprint density at radius 3 is 0.702 bits per heavy atom. The summed E-state index contributed by atoms with van der Waals surface area (Å²) in [4.78, 5) is 19.9. The molecule has 0 aliphatic carbocycles.